The Kier molecular flexibility index (Phi) is 4.42. The zero-order valence-corrected chi connectivity index (χ0v) is 15.0. The fourth-order valence-corrected chi connectivity index (χ4v) is 4.62. The number of benzene rings is 1. The number of piperidine rings is 1. The van der Waals surface area contributed by atoms with Crippen LogP contribution in [0.2, 0.25) is 0 Å². The Balaban J connectivity index is 2.03. The molecule has 0 spiro atoms. The van der Waals surface area contributed by atoms with E-state index in [1.807, 2.05) is 6.07 Å². The van der Waals surface area contributed by atoms with Crippen molar-refractivity contribution >= 4 is 37.6 Å². The van der Waals surface area contributed by atoms with Crippen molar-refractivity contribution in [2.24, 2.45) is 11.0 Å². The average Bonchev–Trinajstić information content (AvgIpc) is 2.91. The molecule has 7 heteroatoms. The molecule has 1 fully saturated rings. The Morgan fingerprint density at radius 3 is 2.71 bits per heavy atom. The Morgan fingerprint density at radius 1 is 1.24 bits per heavy atom. The number of rotatable bonds is 3. The number of hydrogen-bond acceptors (Lipinski definition) is 5. The minimum absolute atomic E-state index is 0.112. The highest BCUT2D eigenvalue weighted by Crippen LogP contribution is 2.46. The van der Waals surface area contributed by atoms with Crippen molar-refractivity contribution in [2.45, 2.75) is 12.5 Å². The van der Waals surface area contributed by atoms with Crippen molar-refractivity contribution in [3.05, 3.63) is 20.6 Å². The summed E-state index contributed by atoms with van der Waals surface area (Å²) in [5.74, 6) is 1.88. The summed E-state index contributed by atoms with van der Waals surface area (Å²) >= 11 is 7.14. The van der Waals surface area contributed by atoms with E-state index in [-0.39, 0.29) is 6.04 Å². The molecule has 1 saturated heterocycles. The van der Waals surface area contributed by atoms with Gasteiger partial charge in [-0.15, -0.1) is 0 Å². The lowest BCUT2D eigenvalue weighted by Gasteiger charge is -2.27. The lowest BCUT2D eigenvalue weighted by atomic mass is 9.87. The largest absolute Gasteiger partial charge is 0.495 e. The standard InChI is InChI=1S/C14H17Br2N3O2/c1-20-13-7(5-9(15)14(21-2)11(13)16)12-8-6-17-4-3-10(8)18-19-12/h5,8,12,17,19H,3-4,6H2,1-2H3. The summed E-state index contributed by atoms with van der Waals surface area (Å²) in [5.41, 5.74) is 5.58. The third-order valence-electron chi connectivity index (χ3n) is 4.00. The number of nitrogens with one attached hydrogen (secondary N) is 2. The highest BCUT2D eigenvalue weighted by Gasteiger charge is 2.37. The predicted octanol–water partition coefficient (Wildman–Crippen LogP) is 2.84. The molecule has 114 valence electrons. The van der Waals surface area contributed by atoms with Crippen LogP contribution in [0, 0.1) is 5.92 Å². The molecule has 2 unspecified atom stereocenters. The molecule has 21 heavy (non-hydrogen) atoms. The first-order valence-electron chi connectivity index (χ1n) is 6.80. The Labute approximate surface area is 140 Å². The van der Waals surface area contributed by atoms with E-state index in [2.05, 4.69) is 47.7 Å². The van der Waals surface area contributed by atoms with Gasteiger partial charge in [0.2, 0.25) is 0 Å². The Morgan fingerprint density at radius 2 is 2.00 bits per heavy atom. The van der Waals surface area contributed by atoms with E-state index >= 15 is 0 Å². The average molecular weight is 419 g/mol. The summed E-state index contributed by atoms with van der Waals surface area (Å²) in [5, 5.41) is 7.94. The van der Waals surface area contributed by atoms with Crippen LogP contribution in [0.1, 0.15) is 18.0 Å². The highest BCUT2D eigenvalue weighted by molar-refractivity contribution is 9.11. The van der Waals surface area contributed by atoms with Gasteiger partial charge in [0.25, 0.3) is 0 Å². The SMILES string of the molecule is COc1c(Br)cc(C2NN=C3CCNCC32)c(OC)c1Br. The molecule has 0 saturated carbocycles. The number of ether oxygens (including phenoxy) is 2. The van der Waals surface area contributed by atoms with Crippen molar-refractivity contribution in [1.29, 1.82) is 0 Å². The minimum atomic E-state index is 0.112. The summed E-state index contributed by atoms with van der Waals surface area (Å²) in [6.07, 6.45) is 0.995. The molecule has 3 rings (SSSR count). The maximum absolute atomic E-state index is 5.61. The second kappa shape index (κ2) is 6.14. The lowest BCUT2D eigenvalue weighted by molar-refractivity contribution is 0.371. The van der Waals surface area contributed by atoms with Crippen LogP contribution >= 0.6 is 31.9 Å². The van der Waals surface area contributed by atoms with Crippen LogP contribution in [0.15, 0.2) is 20.1 Å². The highest BCUT2D eigenvalue weighted by atomic mass is 79.9. The summed E-state index contributed by atoms with van der Waals surface area (Å²) in [6, 6.07) is 2.16. The van der Waals surface area contributed by atoms with Crippen LogP contribution in [0.3, 0.4) is 0 Å². The monoisotopic (exact) mass is 417 g/mol. The quantitative estimate of drug-likeness (QED) is 0.792. The molecule has 1 aromatic carbocycles. The maximum atomic E-state index is 5.61. The molecule has 2 aliphatic heterocycles. The van der Waals surface area contributed by atoms with E-state index < -0.39 is 0 Å². The molecule has 2 N–H and O–H groups in total. The second-order valence-corrected chi connectivity index (χ2v) is 6.75. The van der Waals surface area contributed by atoms with Gasteiger partial charge in [-0.3, -0.25) is 0 Å². The lowest BCUT2D eigenvalue weighted by Crippen LogP contribution is -2.38. The van der Waals surface area contributed by atoms with E-state index in [9.17, 15) is 0 Å². The predicted molar refractivity (Wildman–Crippen MR) is 89.2 cm³/mol. The van der Waals surface area contributed by atoms with Gasteiger partial charge >= 0.3 is 0 Å². The van der Waals surface area contributed by atoms with Crippen molar-refractivity contribution < 1.29 is 9.47 Å². The summed E-state index contributed by atoms with van der Waals surface area (Å²) in [7, 11) is 3.32. The molecule has 0 aromatic heterocycles. The first-order chi connectivity index (χ1) is 10.2. The molecule has 0 amide bonds. The first kappa shape index (κ1) is 15.1. The normalized spacial score (nSPS) is 24.1. The minimum Gasteiger partial charge on any atom is -0.495 e. The van der Waals surface area contributed by atoms with Gasteiger partial charge in [0, 0.05) is 36.7 Å². The number of methoxy groups -OCH3 is 2. The molecule has 2 heterocycles. The van der Waals surface area contributed by atoms with Gasteiger partial charge in [-0.1, -0.05) is 0 Å². The van der Waals surface area contributed by atoms with E-state index in [1.165, 1.54) is 5.71 Å². The molecular weight excluding hydrogens is 402 g/mol. The fraction of sp³-hybridized carbons (Fsp3) is 0.500. The van der Waals surface area contributed by atoms with Gasteiger partial charge in [-0.2, -0.15) is 5.10 Å². The van der Waals surface area contributed by atoms with Gasteiger partial charge in [0.1, 0.15) is 10.2 Å². The van der Waals surface area contributed by atoms with Crippen LogP contribution in [0.4, 0.5) is 0 Å². The summed E-state index contributed by atoms with van der Waals surface area (Å²) < 4.78 is 12.7. The summed E-state index contributed by atoms with van der Waals surface area (Å²) in [4.78, 5) is 0. The van der Waals surface area contributed by atoms with E-state index in [4.69, 9.17) is 9.47 Å². The number of hydrazone groups is 1. The Bertz CT molecular complexity index is 592. The number of fused-ring (bicyclic) bond motifs is 1. The van der Waals surface area contributed by atoms with Crippen LogP contribution in [-0.2, 0) is 0 Å². The van der Waals surface area contributed by atoms with Gasteiger partial charge in [-0.25, -0.2) is 0 Å². The molecule has 2 atom stereocenters. The number of halogens is 2. The molecule has 2 aliphatic rings. The maximum Gasteiger partial charge on any atom is 0.151 e. The van der Waals surface area contributed by atoms with Crippen molar-refractivity contribution in [3.63, 3.8) is 0 Å². The third kappa shape index (κ3) is 2.55. The van der Waals surface area contributed by atoms with E-state index in [1.54, 1.807) is 14.2 Å². The molecule has 0 bridgehead atoms. The van der Waals surface area contributed by atoms with Crippen molar-refractivity contribution in [2.75, 3.05) is 27.3 Å². The van der Waals surface area contributed by atoms with Crippen LogP contribution in [0.5, 0.6) is 11.5 Å². The van der Waals surface area contributed by atoms with Crippen molar-refractivity contribution in [3.8, 4) is 11.5 Å². The molecule has 1 aromatic rings. The van der Waals surface area contributed by atoms with Crippen LogP contribution in [0.25, 0.3) is 0 Å². The van der Waals surface area contributed by atoms with Crippen LogP contribution < -0.4 is 20.2 Å². The zero-order valence-electron chi connectivity index (χ0n) is 11.9. The first-order valence-corrected chi connectivity index (χ1v) is 8.38. The van der Waals surface area contributed by atoms with Crippen LogP contribution in [-0.4, -0.2) is 33.0 Å². The molecule has 0 aliphatic carbocycles. The fourth-order valence-electron chi connectivity index (χ4n) is 2.98. The topological polar surface area (TPSA) is 54.9 Å². The van der Waals surface area contributed by atoms with Gasteiger partial charge < -0.3 is 20.2 Å². The number of hydrogen-bond donors (Lipinski definition) is 2. The van der Waals surface area contributed by atoms with E-state index in [0.717, 1.165) is 45.5 Å². The third-order valence-corrected chi connectivity index (χ3v) is 5.31. The second-order valence-electron chi connectivity index (χ2n) is 5.10. The zero-order chi connectivity index (χ0) is 15.0. The van der Waals surface area contributed by atoms with E-state index in [0.29, 0.717) is 5.92 Å². The smallest absolute Gasteiger partial charge is 0.151 e. The molecule has 5 nitrogen and oxygen atoms in total. The van der Waals surface area contributed by atoms with Crippen molar-refractivity contribution in [1.82, 2.24) is 10.7 Å². The number of nitrogens with zero attached hydrogens (tertiary/aromatic N) is 1. The molecular formula is C14H17Br2N3O2. The van der Waals surface area contributed by atoms with Gasteiger partial charge in [-0.05, 0) is 37.9 Å². The van der Waals surface area contributed by atoms with Gasteiger partial charge in [0.05, 0.1) is 24.7 Å². The van der Waals surface area contributed by atoms with Gasteiger partial charge in [0.15, 0.2) is 5.75 Å². The molecule has 0 radical (unpaired) electrons. The Hall–Kier alpha value is -0.790. The summed E-state index contributed by atoms with van der Waals surface area (Å²) in [6.45, 7) is 1.93.